The highest BCUT2D eigenvalue weighted by atomic mass is 35.5. The van der Waals surface area contributed by atoms with E-state index in [0.717, 1.165) is 39.0 Å². The zero-order chi connectivity index (χ0) is 23.9. The summed E-state index contributed by atoms with van der Waals surface area (Å²) in [6.07, 6.45) is 3.92. The monoisotopic (exact) mass is 481 g/mol. The molecule has 0 atom stereocenters. The quantitative estimate of drug-likeness (QED) is 0.572. The average Bonchev–Trinajstić information content (AvgIpc) is 2.99. The van der Waals surface area contributed by atoms with E-state index in [-0.39, 0.29) is 12.1 Å². The van der Waals surface area contributed by atoms with Crippen molar-refractivity contribution in [3.63, 3.8) is 0 Å². The fourth-order valence-corrected chi connectivity index (χ4v) is 4.99. The Labute approximate surface area is 202 Å². The number of allylic oxidation sites excluding steroid dienone is 1. The van der Waals surface area contributed by atoms with E-state index in [4.69, 9.17) is 11.6 Å². The molecule has 6 nitrogen and oxygen atoms in total. The Morgan fingerprint density at radius 2 is 1.94 bits per heavy atom. The van der Waals surface area contributed by atoms with E-state index < -0.39 is 17.1 Å². The minimum absolute atomic E-state index is 0.0904. The van der Waals surface area contributed by atoms with Crippen LogP contribution >= 0.6 is 23.4 Å². The lowest BCUT2D eigenvalue weighted by atomic mass is 9.88. The van der Waals surface area contributed by atoms with Crippen LogP contribution in [-0.2, 0) is 9.59 Å². The Kier molecular flexibility index (Phi) is 6.12. The lowest BCUT2D eigenvalue weighted by Crippen LogP contribution is -2.42. The van der Waals surface area contributed by atoms with E-state index in [0.29, 0.717) is 15.6 Å². The standard InChI is InChI=1S/C25H24ClN3O3S/c1-15-13-25(2,3)28(4)20-9-8-16(10-19(15)20)11-21-23(31)29(24(32)33-21)14-22(30)27-18-7-5-6-17(26)12-18/h5-13H,14H2,1-4H3,(H,27,30)/b21-11+. The number of halogens is 1. The van der Waals surface area contributed by atoms with Crippen LogP contribution in [0.25, 0.3) is 11.6 Å². The van der Waals surface area contributed by atoms with Crippen molar-refractivity contribution in [2.24, 2.45) is 0 Å². The first-order chi connectivity index (χ1) is 15.5. The molecule has 2 aromatic rings. The molecular weight excluding hydrogens is 458 g/mol. The highest BCUT2D eigenvalue weighted by Crippen LogP contribution is 2.39. The van der Waals surface area contributed by atoms with Gasteiger partial charge in [-0.05, 0) is 80.1 Å². The minimum Gasteiger partial charge on any atom is -0.366 e. The molecule has 2 aromatic carbocycles. The van der Waals surface area contributed by atoms with E-state index in [1.54, 1.807) is 30.3 Å². The van der Waals surface area contributed by atoms with E-state index in [1.807, 2.05) is 18.2 Å². The number of thioether (sulfide) groups is 1. The highest BCUT2D eigenvalue weighted by Gasteiger charge is 2.36. The maximum absolute atomic E-state index is 12.8. The smallest absolute Gasteiger partial charge is 0.294 e. The molecule has 1 saturated heterocycles. The number of carbonyl (C=O) groups excluding carboxylic acids is 3. The number of benzene rings is 2. The van der Waals surface area contributed by atoms with Crippen molar-refractivity contribution in [2.45, 2.75) is 26.3 Å². The number of amides is 3. The van der Waals surface area contributed by atoms with Crippen molar-refractivity contribution in [3.05, 3.63) is 69.6 Å². The third kappa shape index (κ3) is 4.70. The predicted octanol–water partition coefficient (Wildman–Crippen LogP) is 5.65. The first kappa shape index (κ1) is 23.1. The van der Waals surface area contributed by atoms with Gasteiger partial charge in [-0.15, -0.1) is 0 Å². The first-order valence-electron chi connectivity index (χ1n) is 10.4. The molecule has 170 valence electrons. The van der Waals surface area contributed by atoms with Gasteiger partial charge in [-0.25, -0.2) is 0 Å². The molecule has 8 heteroatoms. The van der Waals surface area contributed by atoms with Crippen molar-refractivity contribution in [1.82, 2.24) is 4.90 Å². The predicted molar refractivity (Wildman–Crippen MR) is 135 cm³/mol. The van der Waals surface area contributed by atoms with Crippen molar-refractivity contribution in [3.8, 4) is 0 Å². The summed E-state index contributed by atoms with van der Waals surface area (Å²) in [5, 5.41) is 2.66. The number of fused-ring (bicyclic) bond motifs is 1. The summed E-state index contributed by atoms with van der Waals surface area (Å²) in [6, 6.07) is 12.7. The van der Waals surface area contributed by atoms with Crippen molar-refractivity contribution < 1.29 is 14.4 Å². The summed E-state index contributed by atoms with van der Waals surface area (Å²) in [5.74, 6) is -0.949. The third-order valence-corrected chi connectivity index (χ3v) is 6.96. The van der Waals surface area contributed by atoms with Crippen LogP contribution in [0.2, 0.25) is 5.02 Å². The number of hydrogen-bond acceptors (Lipinski definition) is 5. The van der Waals surface area contributed by atoms with Crippen LogP contribution in [-0.4, -0.2) is 41.1 Å². The molecule has 0 aliphatic carbocycles. The van der Waals surface area contributed by atoms with Gasteiger partial charge in [-0.1, -0.05) is 29.8 Å². The number of carbonyl (C=O) groups is 3. The molecule has 2 heterocycles. The normalized spacial score (nSPS) is 18.5. The second-order valence-corrected chi connectivity index (χ2v) is 10.1. The summed E-state index contributed by atoms with van der Waals surface area (Å²) >= 11 is 6.77. The van der Waals surface area contributed by atoms with Crippen molar-refractivity contribution in [1.29, 1.82) is 0 Å². The largest absolute Gasteiger partial charge is 0.366 e. The molecule has 1 N–H and O–H groups in total. The molecule has 0 bridgehead atoms. The van der Waals surface area contributed by atoms with Crippen LogP contribution in [0.15, 0.2) is 53.4 Å². The van der Waals surface area contributed by atoms with Crippen molar-refractivity contribution >= 4 is 63.4 Å². The number of imide groups is 1. The van der Waals surface area contributed by atoms with Gasteiger partial charge in [0.25, 0.3) is 11.1 Å². The second-order valence-electron chi connectivity index (χ2n) is 8.64. The van der Waals surface area contributed by atoms with Crippen LogP contribution in [0.5, 0.6) is 0 Å². The van der Waals surface area contributed by atoms with Crippen LogP contribution in [0, 0.1) is 0 Å². The third-order valence-electron chi connectivity index (χ3n) is 5.82. The number of likely N-dealkylation sites (N-methyl/N-ethyl adjacent to an activating group) is 1. The molecule has 3 amide bonds. The molecule has 0 saturated carbocycles. The summed E-state index contributed by atoms with van der Waals surface area (Å²) in [5.41, 5.74) is 4.60. The number of nitrogens with zero attached hydrogens (tertiary/aromatic N) is 2. The van der Waals surface area contributed by atoms with Gasteiger partial charge < -0.3 is 10.2 Å². The summed E-state index contributed by atoms with van der Waals surface area (Å²) in [7, 11) is 2.06. The summed E-state index contributed by atoms with van der Waals surface area (Å²) in [4.78, 5) is 41.1. The molecule has 1 fully saturated rings. The minimum atomic E-state index is -0.477. The van der Waals surface area contributed by atoms with Crippen molar-refractivity contribution in [2.75, 3.05) is 23.8 Å². The molecule has 4 rings (SSSR count). The molecule has 0 unspecified atom stereocenters. The molecule has 2 aliphatic rings. The molecule has 0 spiro atoms. The van der Waals surface area contributed by atoms with Gasteiger partial charge in [0.05, 0.1) is 10.4 Å². The Morgan fingerprint density at radius 1 is 1.18 bits per heavy atom. The van der Waals surface area contributed by atoms with Gasteiger partial charge in [0.15, 0.2) is 0 Å². The molecule has 0 radical (unpaired) electrons. The Morgan fingerprint density at radius 3 is 2.67 bits per heavy atom. The summed E-state index contributed by atoms with van der Waals surface area (Å²) in [6.45, 7) is 6.03. The van der Waals surface area contributed by atoms with Crippen LogP contribution in [0.3, 0.4) is 0 Å². The highest BCUT2D eigenvalue weighted by molar-refractivity contribution is 8.18. The van der Waals surface area contributed by atoms with Gasteiger partial charge in [0.1, 0.15) is 6.54 Å². The fraction of sp³-hybridized carbons (Fsp3) is 0.240. The molecule has 0 aromatic heterocycles. The number of hydrogen-bond donors (Lipinski definition) is 1. The van der Waals surface area contributed by atoms with Gasteiger partial charge in [-0.3, -0.25) is 19.3 Å². The first-order valence-corrected chi connectivity index (χ1v) is 11.6. The number of rotatable bonds is 4. The fourth-order valence-electron chi connectivity index (χ4n) is 3.96. The zero-order valence-electron chi connectivity index (χ0n) is 18.8. The second kappa shape index (κ2) is 8.72. The van der Waals surface area contributed by atoms with Crippen LogP contribution in [0.4, 0.5) is 16.2 Å². The topological polar surface area (TPSA) is 69.7 Å². The van der Waals surface area contributed by atoms with Crippen LogP contribution < -0.4 is 10.2 Å². The zero-order valence-corrected chi connectivity index (χ0v) is 20.4. The van der Waals surface area contributed by atoms with Gasteiger partial charge in [0, 0.05) is 29.0 Å². The molecular formula is C25H24ClN3O3S. The maximum atomic E-state index is 12.8. The lowest BCUT2D eigenvalue weighted by molar-refractivity contribution is -0.127. The Balaban J connectivity index is 1.51. The molecule has 2 aliphatic heterocycles. The van der Waals surface area contributed by atoms with Gasteiger partial charge >= 0.3 is 0 Å². The van der Waals surface area contributed by atoms with Gasteiger partial charge in [-0.2, -0.15) is 0 Å². The SMILES string of the molecule is CC1=CC(C)(C)N(C)c2ccc(/C=C3/SC(=O)N(CC(=O)Nc4cccc(Cl)c4)C3=O)cc21. The van der Waals surface area contributed by atoms with Crippen LogP contribution in [0.1, 0.15) is 31.9 Å². The van der Waals surface area contributed by atoms with E-state index in [1.165, 1.54) is 0 Å². The lowest BCUT2D eigenvalue weighted by Gasteiger charge is -2.40. The molecule has 33 heavy (non-hydrogen) atoms. The number of anilines is 2. The summed E-state index contributed by atoms with van der Waals surface area (Å²) < 4.78 is 0. The Bertz CT molecular complexity index is 1240. The Hall–Kier alpha value is -3.03. The maximum Gasteiger partial charge on any atom is 0.294 e. The van der Waals surface area contributed by atoms with E-state index >= 15 is 0 Å². The van der Waals surface area contributed by atoms with Gasteiger partial charge in [0.2, 0.25) is 5.91 Å². The number of nitrogens with one attached hydrogen (secondary N) is 1. The average molecular weight is 482 g/mol. The van der Waals surface area contributed by atoms with E-state index in [2.05, 4.69) is 44.1 Å². The van der Waals surface area contributed by atoms with E-state index in [9.17, 15) is 14.4 Å².